The van der Waals surface area contributed by atoms with Gasteiger partial charge >= 0.3 is 0 Å². The normalized spacial score (nSPS) is 12.2. The molecule has 2 amide bonds. The standard InChI is InChI=1S/C22H26FN3O3/c1-14(2)20(25-21(27)17-8-10-18(23)11-9-17)22(28)26-24-13-16-6-5-7-19(12-16)29-15(3)4/h5-15,20H,1-4H3,(H,25,27)(H,26,28). The summed E-state index contributed by atoms with van der Waals surface area (Å²) in [4.78, 5) is 24.8. The monoisotopic (exact) mass is 399 g/mol. The van der Waals surface area contributed by atoms with Crippen molar-refractivity contribution in [2.24, 2.45) is 11.0 Å². The summed E-state index contributed by atoms with van der Waals surface area (Å²) in [5.74, 6) is -0.793. The molecule has 1 unspecified atom stereocenters. The maximum absolute atomic E-state index is 13.0. The van der Waals surface area contributed by atoms with Gasteiger partial charge in [-0.2, -0.15) is 5.10 Å². The number of hydrogen-bond acceptors (Lipinski definition) is 4. The molecule has 0 fully saturated rings. The van der Waals surface area contributed by atoms with Crippen LogP contribution in [0.1, 0.15) is 43.6 Å². The third-order valence-corrected chi connectivity index (χ3v) is 3.96. The number of nitrogens with one attached hydrogen (secondary N) is 2. The maximum Gasteiger partial charge on any atom is 0.262 e. The summed E-state index contributed by atoms with van der Waals surface area (Å²) in [5, 5.41) is 6.64. The van der Waals surface area contributed by atoms with Gasteiger partial charge in [0.2, 0.25) is 0 Å². The quantitative estimate of drug-likeness (QED) is 0.527. The highest BCUT2D eigenvalue weighted by atomic mass is 19.1. The van der Waals surface area contributed by atoms with E-state index < -0.39 is 23.7 Å². The minimum atomic E-state index is -0.791. The Morgan fingerprint density at radius 2 is 1.76 bits per heavy atom. The van der Waals surface area contributed by atoms with Gasteiger partial charge in [0.05, 0.1) is 12.3 Å². The molecule has 29 heavy (non-hydrogen) atoms. The van der Waals surface area contributed by atoms with Crippen LogP contribution in [0.2, 0.25) is 0 Å². The highest BCUT2D eigenvalue weighted by Crippen LogP contribution is 2.13. The molecule has 0 bridgehead atoms. The van der Waals surface area contributed by atoms with Crippen LogP contribution in [-0.2, 0) is 4.79 Å². The minimum Gasteiger partial charge on any atom is -0.491 e. The van der Waals surface area contributed by atoms with E-state index >= 15 is 0 Å². The molecule has 0 aliphatic carbocycles. The number of ether oxygens (including phenoxy) is 1. The fourth-order valence-electron chi connectivity index (χ4n) is 2.54. The molecule has 0 heterocycles. The number of carbonyl (C=O) groups is 2. The van der Waals surface area contributed by atoms with Crippen LogP contribution in [0, 0.1) is 11.7 Å². The lowest BCUT2D eigenvalue weighted by Gasteiger charge is -2.20. The summed E-state index contributed by atoms with van der Waals surface area (Å²) in [6.45, 7) is 7.50. The molecule has 1 atom stereocenters. The number of hydrogen-bond donors (Lipinski definition) is 2. The fourth-order valence-corrected chi connectivity index (χ4v) is 2.54. The van der Waals surface area contributed by atoms with Crippen LogP contribution < -0.4 is 15.5 Å². The van der Waals surface area contributed by atoms with Crippen molar-refractivity contribution in [3.05, 3.63) is 65.5 Å². The van der Waals surface area contributed by atoms with E-state index in [0.29, 0.717) is 5.75 Å². The molecular formula is C22H26FN3O3. The van der Waals surface area contributed by atoms with Crippen molar-refractivity contribution in [2.75, 3.05) is 0 Å². The van der Waals surface area contributed by atoms with Crippen LogP contribution in [0.25, 0.3) is 0 Å². The summed E-state index contributed by atoms with van der Waals surface area (Å²) >= 11 is 0. The first-order valence-corrected chi connectivity index (χ1v) is 9.42. The molecule has 0 spiro atoms. The zero-order valence-electron chi connectivity index (χ0n) is 17.0. The van der Waals surface area contributed by atoms with Gasteiger partial charge in [-0.3, -0.25) is 9.59 Å². The molecule has 2 rings (SSSR count). The summed E-state index contributed by atoms with van der Waals surface area (Å²) in [6, 6.07) is 11.7. The molecule has 0 aliphatic rings. The molecule has 7 heteroatoms. The van der Waals surface area contributed by atoms with E-state index in [2.05, 4.69) is 15.8 Å². The SMILES string of the molecule is CC(C)Oc1cccc(C=NNC(=O)C(NC(=O)c2ccc(F)cc2)C(C)C)c1. The van der Waals surface area contributed by atoms with Crippen molar-refractivity contribution in [1.29, 1.82) is 0 Å². The van der Waals surface area contributed by atoms with Crippen LogP contribution in [-0.4, -0.2) is 30.2 Å². The number of carbonyl (C=O) groups excluding carboxylic acids is 2. The summed E-state index contributed by atoms with van der Waals surface area (Å²) in [7, 11) is 0. The van der Waals surface area contributed by atoms with E-state index in [-0.39, 0.29) is 17.6 Å². The predicted molar refractivity (Wildman–Crippen MR) is 110 cm³/mol. The molecule has 2 N–H and O–H groups in total. The summed E-state index contributed by atoms with van der Waals surface area (Å²) in [6.07, 6.45) is 1.56. The van der Waals surface area contributed by atoms with Crippen molar-refractivity contribution in [1.82, 2.24) is 10.7 Å². The van der Waals surface area contributed by atoms with Gasteiger partial charge in [0, 0.05) is 5.56 Å². The average Bonchev–Trinajstić information content (AvgIpc) is 2.66. The molecule has 0 aromatic heterocycles. The van der Waals surface area contributed by atoms with Gasteiger partial charge in [-0.1, -0.05) is 26.0 Å². The van der Waals surface area contributed by atoms with Gasteiger partial charge < -0.3 is 10.1 Å². The summed E-state index contributed by atoms with van der Waals surface area (Å²) in [5.41, 5.74) is 3.49. The minimum absolute atomic E-state index is 0.0541. The van der Waals surface area contributed by atoms with Gasteiger partial charge in [-0.15, -0.1) is 0 Å². The Morgan fingerprint density at radius 1 is 1.07 bits per heavy atom. The van der Waals surface area contributed by atoms with Crippen molar-refractivity contribution < 1.29 is 18.7 Å². The van der Waals surface area contributed by atoms with Crippen LogP contribution >= 0.6 is 0 Å². The molecule has 0 saturated heterocycles. The van der Waals surface area contributed by atoms with Gasteiger partial charge in [0.25, 0.3) is 11.8 Å². The number of rotatable bonds is 8. The van der Waals surface area contributed by atoms with Crippen molar-refractivity contribution in [3.8, 4) is 5.75 Å². The number of amides is 2. The van der Waals surface area contributed by atoms with Crippen LogP contribution in [0.15, 0.2) is 53.6 Å². The van der Waals surface area contributed by atoms with Crippen molar-refractivity contribution in [3.63, 3.8) is 0 Å². The lowest BCUT2D eigenvalue weighted by atomic mass is 10.0. The Bertz CT molecular complexity index is 864. The van der Waals surface area contributed by atoms with E-state index in [1.165, 1.54) is 30.5 Å². The van der Waals surface area contributed by atoms with Gasteiger partial charge in [0.1, 0.15) is 17.6 Å². The van der Waals surface area contributed by atoms with Crippen molar-refractivity contribution in [2.45, 2.75) is 39.8 Å². The van der Waals surface area contributed by atoms with E-state index in [4.69, 9.17) is 4.74 Å². The molecule has 2 aromatic carbocycles. The second-order valence-corrected chi connectivity index (χ2v) is 7.18. The van der Waals surface area contributed by atoms with E-state index in [1.54, 1.807) is 0 Å². The lowest BCUT2D eigenvalue weighted by Crippen LogP contribution is -2.48. The van der Waals surface area contributed by atoms with Gasteiger partial charge in [-0.05, 0) is 61.7 Å². The molecular weight excluding hydrogens is 373 g/mol. The molecule has 154 valence electrons. The zero-order valence-corrected chi connectivity index (χ0v) is 17.0. The molecule has 2 aromatic rings. The first-order valence-electron chi connectivity index (χ1n) is 9.42. The molecule has 0 aliphatic heterocycles. The first-order chi connectivity index (χ1) is 13.8. The third kappa shape index (κ3) is 7.03. The average molecular weight is 399 g/mol. The highest BCUT2D eigenvalue weighted by Gasteiger charge is 2.24. The van der Waals surface area contributed by atoms with Gasteiger partial charge in [-0.25, -0.2) is 9.82 Å². The Morgan fingerprint density at radius 3 is 2.38 bits per heavy atom. The van der Waals surface area contributed by atoms with Crippen LogP contribution in [0.5, 0.6) is 5.75 Å². The Balaban J connectivity index is 1.99. The third-order valence-electron chi connectivity index (χ3n) is 3.96. The van der Waals surface area contributed by atoms with Crippen LogP contribution in [0.3, 0.4) is 0 Å². The van der Waals surface area contributed by atoms with Crippen LogP contribution in [0.4, 0.5) is 4.39 Å². The smallest absolute Gasteiger partial charge is 0.262 e. The molecule has 0 saturated carbocycles. The largest absolute Gasteiger partial charge is 0.491 e. The summed E-state index contributed by atoms with van der Waals surface area (Å²) < 4.78 is 18.6. The predicted octanol–water partition coefficient (Wildman–Crippen LogP) is 3.52. The number of benzene rings is 2. The molecule has 0 radical (unpaired) electrons. The van der Waals surface area contributed by atoms with E-state index in [0.717, 1.165) is 5.56 Å². The Labute approximate surface area is 170 Å². The highest BCUT2D eigenvalue weighted by molar-refractivity contribution is 5.97. The Hall–Kier alpha value is -3.22. The number of nitrogens with zero attached hydrogens (tertiary/aromatic N) is 1. The van der Waals surface area contributed by atoms with Gasteiger partial charge in [0.15, 0.2) is 0 Å². The number of hydrazone groups is 1. The first kappa shape index (κ1) is 22.1. The second kappa shape index (κ2) is 10.4. The second-order valence-electron chi connectivity index (χ2n) is 7.18. The Kier molecular flexibility index (Phi) is 7.88. The maximum atomic E-state index is 13.0. The zero-order chi connectivity index (χ0) is 21.4. The number of halogens is 1. The lowest BCUT2D eigenvalue weighted by molar-refractivity contribution is -0.123. The van der Waals surface area contributed by atoms with E-state index in [1.807, 2.05) is 52.0 Å². The van der Waals surface area contributed by atoms with E-state index in [9.17, 15) is 14.0 Å². The van der Waals surface area contributed by atoms with Crippen molar-refractivity contribution >= 4 is 18.0 Å². The molecule has 6 nitrogen and oxygen atoms in total. The fraction of sp³-hybridized carbons (Fsp3) is 0.318. The topological polar surface area (TPSA) is 79.8 Å².